The van der Waals surface area contributed by atoms with E-state index in [1.165, 1.54) is 0 Å². The van der Waals surface area contributed by atoms with Gasteiger partial charge < -0.3 is 9.15 Å². The number of aromatic nitrogens is 1. The SMILES string of the molecule is Clc1ncccc1OCc1ccoc1. The Hall–Kier alpha value is -1.48. The minimum atomic E-state index is 0.371. The first-order chi connectivity index (χ1) is 6.86. The molecule has 0 unspecified atom stereocenters. The van der Waals surface area contributed by atoms with E-state index < -0.39 is 0 Å². The molecule has 2 aromatic heterocycles. The molecule has 0 bridgehead atoms. The van der Waals surface area contributed by atoms with Crippen LogP contribution in [-0.2, 0) is 6.61 Å². The Kier molecular flexibility index (Phi) is 2.70. The van der Waals surface area contributed by atoms with Crippen LogP contribution in [0.25, 0.3) is 0 Å². The van der Waals surface area contributed by atoms with Crippen molar-refractivity contribution in [2.75, 3.05) is 0 Å². The van der Waals surface area contributed by atoms with Gasteiger partial charge in [0.05, 0.1) is 12.5 Å². The zero-order chi connectivity index (χ0) is 9.80. The predicted molar refractivity (Wildman–Crippen MR) is 52.3 cm³/mol. The normalized spacial score (nSPS) is 10.1. The standard InChI is InChI=1S/C10H8ClNO2/c11-10-9(2-1-4-12-10)14-7-8-3-5-13-6-8/h1-6H,7H2. The van der Waals surface area contributed by atoms with Crippen molar-refractivity contribution in [3.63, 3.8) is 0 Å². The van der Waals surface area contributed by atoms with Gasteiger partial charge in [-0.1, -0.05) is 11.6 Å². The summed E-state index contributed by atoms with van der Waals surface area (Å²) in [5.74, 6) is 0.579. The molecule has 0 fully saturated rings. The summed E-state index contributed by atoms with van der Waals surface area (Å²) in [7, 11) is 0. The molecule has 0 atom stereocenters. The number of rotatable bonds is 3. The highest BCUT2D eigenvalue weighted by Crippen LogP contribution is 2.21. The lowest BCUT2D eigenvalue weighted by Crippen LogP contribution is -1.94. The molecule has 0 aliphatic heterocycles. The van der Waals surface area contributed by atoms with Crippen molar-refractivity contribution in [2.45, 2.75) is 6.61 Å². The molecule has 0 aromatic carbocycles. The lowest BCUT2D eigenvalue weighted by molar-refractivity contribution is 0.304. The Morgan fingerprint density at radius 2 is 2.36 bits per heavy atom. The molecule has 0 radical (unpaired) electrons. The number of pyridine rings is 1. The first-order valence-electron chi connectivity index (χ1n) is 4.10. The fraction of sp³-hybridized carbons (Fsp3) is 0.100. The van der Waals surface area contributed by atoms with Gasteiger partial charge in [0.2, 0.25) is 0 Å². The molecule has 4 heteroatoms. The third-order valence-electron chi connectivity index (χ3n) is 1.70. The summed E-state index contributed by atoms with van der Waals surface area (Å²) in [6, 6.07) is 5.39. The average Bonchev–Trinajstić information content (AvgIpc) is 2.69. The zero-order valence-electron chi connectivity index (χ0n) is 7.31. The van der Waals surface area contributed by atoms with E-state index in [0.717, 1.165) is 5.56 Å². The van der Waals surface area contributed by atoms with Crippen LogP contribution in [-0.4, -0.2) is 4.98 Å². The average molecular weight is 210 g/mol. The second kappa shape index (κ2) is 4.15. The fourth-order valence-electron chi connectivity index (χ4n) is 1.01. The maximum absolute atomic E-state index is 5.80. The Morgan fingerprint density at radius 1 is 1.43 bits per heavy atom. The van der Waals surface area contributed by atoms with E-state index in [0.29, 0.717) is 17.5 Å². The fourth-order valence-corrected chi connectivity index (χ4v) is 1.19. The number of halogens is 1. The molecule has 2 heterocycles. The minimum absolute atomic E-state index is 0.371. The van der Waals surface area contributed by atoms with Crippen LogP contribution in [0.15, 0.2) is 41.3 Å². The molecule has 0 saturated heterocycles. The lowest BCUT2D eigenvalue weighted by atomic mass is 10.4. The predicted octanol–water partition coefficient (Wildman–Crippen LogP) is 2.91. The Balaban J connectivity index is 2.02. The smallest absolute Gasteiger partial charge is 0.171 e. The van der Waals surface area contributed by atoms with Gasteiger partial charge in [-0.15, -0.1) is 0 Å². The van der Waals surface area contributed by atoms with E-state index in [9.17, 15) is 0 Å². The molecule has 0 aliphatic rings. The van der Waals surface area contributed by atoms with Crippen molar-refractivity contribution in [3.05, 3.63) is 47.6 Å². The van der Waals surface area contributed by atoms with Crippen LogP contribution in [0.2, 0.25) is 5.15 Å². The van der Waals surface area contributed by atoms with E-state index in [4.69, 9.17) is 20.8 Å². The number of nitrogens with zero attached hydrogens (tertiary/aromatic N) is 1. The number of furan rings is 1. The van der Waals surface area contributed by atoms with Crippen LogP contribution in [0.3, 0.4) is 0 Å². The summed E-state index contributed by atoms with van der Waals surface area (Å²) in [6.07, 6.45) is 4.85. The molecule has 0 aliphatic carbocycles. The second-order valence-electron chi connectivity index (χ2n) is 2.71. The van der Waals surface area contributed by atoms with Crippen molar-refractivity contribution < 1.29 is 9.15 Å². The quantitative estimate of drug-likeness (QED) is 0.730. The Bertz CT molecular complexity index is 400. The van der Waals surface area contributed by atoms with Crippen molar-refractivity contribution in [1.82, 2.24) is 4.98 Å². The molecule has 72 valence electrons. The van der Waals surface area contributed by atoms with Gasteiger partial charge in [-0.25, -0.2) is 4.98 Å². The first kappa shape index (κ1) is 9.09. The van der Waals surface area contributed by atoms with Gasteiger partial charge in [-0.3, -0.25) is 0 Å². The summed E-state index contributed by atoms with van der Waals surface area (Å²) in [5, 5.41) is 0.371. The second-order valence-corrected chi connectivity index (χ2v) is 3.07. The molecule has 0 N–H and O–H groups in total. The number of ether oxygens (including phenoxy) is 1. The Morgan fingerprint density at radius 3 is 3.07 bits per heavy atom. The van der Waals surface area contributed by atoms with E-state index in [1.54, 1.807) is 30.9 Å². The summed E-state index contributed by atoms with van der Waals surface area (Å²) in [5.41, 5.74) is 0.963. The van der Waals surface area contributed by atoms with Crippen molar-refractivity contribution in [1.29, 1.82) is 0 Å². The Labute approximate surface area is 86.3 Å². The van der Waals surface area contributed by atoms with Crippen LogP contribution in [0.4, 0.5) is 0 Å². The third kappa shape index (κ3) is 2.06. The zero-order valence-corrected chi connectivity index (χ0v) is 8.07. The van der Waals surface area contributed by atoms with Crippen LogP contribution in [0.5, 0.6) is 5.75 Å². The third-order valence-corrected chi connectivity index (χ3v) is 1.98. The molecule has 0 amide bonds. The van der Waals surface area contributed by atoms with Crippen molar-refractivity contribution >= 4 is 11.6 Å². The van der Waals surface area contributed by atoms with E-state index in [1.807, 2.05) is 6.07 Å². The van der Waals surface area contributed by atoms with Gasteiger partial charge >= 0.3 is 0 Å². The van der Waals surface area contributed by atoms with Gasteiger partial charge in [0.25, 0.3) is 0 Å². The van der Waals surface area contributed by atoms with Crippen LogP contribution in [0, 0.1) is 0 Å². The largest absolute Gasteiger partial charge is 0.486 e. The maximum atomic E-state index is 5.80. The summed E-state index contributed by atoms with van der Waals surface area (Å²) < 4.78 is 10.3. The van der Waals surface area contributed by atoms with Gasteiger partial charge in [-0.05, 0) is 18.2 Å². The van der Waals surface area contributed by atoms with E-state index in [2.05, 4.69) is 4.98 Å². The van der Waals surface area contributed by atoms with Crippen LogP contribution < -0.4 is 4.74 Å². The van der Waals surface area contributed by atoms with E-state index in [-0.39, 0.29) is 0 Å². The highest BCUT2D eigenvalue weighted by atomic mass is 35.5. The molecular weight excluding hydrogens is 202 g/mol. The first-order valence-corrected chi connectivity index (χ1v) is 4.48. The van der Waals surface area contributed by atoms with Crippen LogP contribution >= 0.6 is 11.6 Å². The molecule has 2 rings (SSSR count). The monoisotopic (exact) mass is 209 g/mol. The highest BCUT2D eigenvalue weighted by Gasteiger charge is 2.01. The van der Waals surface area contributed by atoms with Gasteiger partial charge in [0.15, 0.2) is 10.9 Å². The van der Waals surface area contributed by atoms with Crippen molar-refractivity contribution in [2.24, 2.45) is 0 Å². The lowest BCUT2D eigenvalue weighted by Gasteiger charge is -2.04. The van der Waals surface area contributed by atoms with Crippen molar-refractivity contribution in [3.8, 4) is 5.75 Å². The van der Waals surface area contributed by atoms with Gasteiger partial charge in [0, 0.05) is 11.8 Å². The molecule has 0 spiro atoms. The molecule has 3 nitrogen and oxygen atoms in total. The summed E-state index contributed by atoms with van der Waals surface area (Å²) in [4.78, 5) is 3.90. The molecular formula is C10H8ClNO2. The molecule has 2 aromatic rings. The highest BCUT2D eigenvalue weighted by molar-refractivity contribution is 6.30. The maximum Gasteiger partial charge on any atom is 0.171 e. The van der Waals surface area contributed by atoms with E-state index >= 15 is 0 Å². The number of hydrogen-bond donors (Lipinski definition) is 0. The minimum Gasteiger partial charge on any atom is -0.486 e. The summed E-state index contributed by atoms with van der Waals surface area (Å²) in [6.45, 7) is 0.432. The molecule has 14 heavy (non-hydrogen) atoms. The summed E-state index contributed by atoms with van der Waals surface area (Å²) >= 11 is 5.80. The van der Waals surface area contributed by atoms with Gasteiger partial charge in [-0.2, -0.15) is 0 Å². The van der Waals surface area contributed by atoms with Gasteiger partial charge in [0.1, 0.15) is 6.61 Å². The topological polar surface area (TPSA) is 35.3 Å². The van der Waals surface area contributed by atoms with Crippen LogP contribution in [0.1, 0.15) is 5.56 Å². The number of hydrogen-bond acceptors (Lipinski definition) is 3. The molecule has 0 saturated carbocycles.